The third-order valence-electron chi connectivity index (χ3n) is 2.57. The van der Waals surface area contributed by atoms with Crippen molar-refractivity contribution >= 4 is 11.9 Å². The summed E-state index contributed by atoms with van der Waals surface area (Å²) in [5.74, 6) is -0.259. The van der Waals surface area contributed by atoms with E-state index in [9.17, 15) is 9.59 Å². The van der Waals surface area contributed by atoms with E-state index in [2.05, 4.69) is 5.32 Å². The Balaban J connectivity index is 2.95. The van der Waals surface area contributed by atoms with E-state index >= 15 is 0 Å². The number of aliphatic carboxylic acids is 1. The summed E-state index contributed by atoms with van der Waals surface area (Å²) in [6, 6.07) is 3.32. The first-order chi connectivity index (χ1) is 9.53. The van der Waals surface area contributed by atoms with Crippen LogP contribution in [0.25, 0.3) is 0 Å². The molecule has 1 aromatic rings. The molecule has 0 aliphatic carbocycles. The Kier molecular flexibility index (Phi) is 5.64. The van der Waals surface area contributed by atoms with E-state index in [0.717, 1.165) is 0 Å². The standard InChI is InChI=1S/C13H17NO6/c1-18-9-5-4-8(12(19-2)13(9)20-3)6-10(15)14-7-11(16)17/h4-5H,6-7H2,1-3H3,(H,14,15)(H,16,17). The zero-order chi connectivity index (χ0) is 15.1. The number of hydrogen-bond acceptors (Lipinski definition) is 5. The molecule has 0 heterocycles. The van der Waals surface area contributed by atoms with Crippen molar-refractivity contribution in [2.24, 2.45) is 0 Å². The third-order valence-corrected chi connectivity index (χ3v) is 2.57. The van der Waals surface area contributed by atoms with Crippen LogP contribution in [0.5, 0.6) is 17.2 Å². The van der Waals surface area contributed by atoms with Gasteiger partial charge in [0.2, 0.25) is 11.7 Å². The van der Waals surface area contributed by atoms with Crippen LogP contribution in [0.2, 0.25) is 0 Å². The SMILES string of the molecule is COc1ccc(CC(=O)NCC(=O)O)c(OC)c1OC. The molecule has 2 N–H and O–H groups in total. The maximum Gasteiger partial charge on any atom is 0.322 e. The number of carboxylic acids is 1. The van der Waals surface area contributed by atoms with E-state index in [4.69, 9.17) is 19.3 Å². The summed E-state index contributed by atoms with van der Waals surface area (Å²) in [5.41, 5.74) is 0.577. The number of carboxylic acid groups (broad SMARTS) is 1. The predicted octanol–water partition coefficient (Wildman–Crippen LogP) is 0.456. The fourth-order valence-electron chi connectivity index (χ4n) is 1.71. The first kappa shape index (κ1) is 15.6. The van der Waals surface area contributed by atoms with Crippen LogP contribution in [0.3, 0.4) is 0 Å². The number of ether oxygens (including phenoxy) is 3. The van der Waals surface area contributed by atoms with E-state index in [0.29, 0.717) is 22.8 Å². The summed E-state index contributed by atoms with van der Waals surface area (Å²) in [6.45, 7) is -0.422. The summed E-state index contributed by atoms with van der Waals surface area (Å²) in [5, 5.41) is 10.8. The molecule has 1 aromatic carbocycles. The predicted molar refractivity (Wildman–Crippen MR) is 70.4 cm³/mol. The van der Waals surface area contributed by atoms with Crippen molar-refractivity contribution in [2.45, 2.75) is 6.42 Å². The summed E-state index contributed by atoms with van der Waals surface area (Å²) in [4.78, 5) is 22.0. The van der Waals surface area contributed by atoms with Crippen molar-refractivity contribution in [3.63, 3.8) is 0 Å². The van der Waals surface area contributed by atoms with Crippen molar-refractivity contribution in [3.8, 4) is 17.2 Å². The second-order valence-corrected chi connectivity index (χ2v) is 3.84. The molecule has 0 saturated heterocycles. The zero-order valence-corrected chi connectivity index (χ0v) is 11.6. The average molecular weight is 283 g/mol. The summed E-state index contributed by atoms with van der Waals surface area (Å²) < 4.78 is 15.6. The van der Waals surface area contributed by atoms with Gasteiger partial charge < -0.3 is 24.6 Å². The number of carbonyl (C=O) groups excluding carboxylic acids is 1. The van der Waals surface area contributed by atoms with Gasteiger partial charge in [-0.15, -0.1) is 0 Å². The highest BCUT2D eigenvalue weighted by Crippen LogP contribution is 2.39. The molecule has 7 nitrogen and oxygen atoms in total. The van der Waals surface area contributed by atoms with Crippen molar-refractivity contribution < 1.29 is 28.9 Å². The third kappa shape index (κ3) is 3.78. The molecule has 0 unspecified atom stereocenters. The fraction of sp³-hybridized carbons (Fsp3) is 0.385. The molecule has 1 amide bonds. The highest BCUT2D eigenvalue weighted by molar-refractivity contribution is 5.83. The van der Waals surface area contributed by atoms with E-state index in [1.54, 1.807) is 12.1 Å². The lowest BCUT2D eigenvalue weighted by molar-refractivity contribution is -0.137. The molecule has 1 rings (SSSR count). The van der Waals surface area contributed by atoms with Gasteiger partial charge in [-0.2, -0.15) is 0 Å². The van der Waals surface area contributed by atoms with Gasteiger partial charge in [-0.1, -0.05) is 6.07 Å². The largest absolute Gasteiger partial charge is 0.493 e. The van der Waals surface area contributed by atoms with Gasteiger partial charge >= 0.3 is 5.97 Å². The maximum atomic E-state index is 11.6. The first-order valence-electron chi connectivity index (χ1n) is 5.79. The highest BCUT2D eigenvalue weighted by atomic mass is 16.5. The number of amides is 1. The normalized spacial score (nSPS) is 9.75. The lowest BCUT2D eigenvalue weighted by Gasteiger charge is -2.15. The van der Waals surface area contributed by atoms with E-state index in [1.807, 2.05) is 0 Å². The van der Waals surface area contributed by atoms with Crippen LogP contribution in [0.4, 0.5) is 0 Å². The van der Waals surface area contributed by atoms with Crippen molar-refractivity contribution in [3.05, 3.63) is 17.7 Å². The van der Waals surface area contributed by atoms with Gasteiger partial charge in [0.1, 0.15) is 6.54 Å². The molecule has 0 aliphatic heterocycles. The molecule has 7 heteroatoms. The lowest BCUT2D eigenvalue weighted by Crippen LogP contribution is -2.30. The van der Waals surface area contributed by atoms with Crippen LogP contribution < -0.4 is 19.5 Å². The van der Waals surface area contributed by atoms with Gasteiger partial charge in [-0.05, 0) is 6.07 Å². The number of hydrogen-bond donors (Lipinski definition) is 2. The fourth-order valence-corrected chi connectivity index (χ4v) is 1.71. The Hall–Kier alpha value is -2.44. The van der Waals surface area contributed by atoms with Crippen LogP contribution >= 0.6 is 0 Å². The quantitative estimate of drug-likeness (QED) is 0.755. The Morgan fingerprint density at radius 3 is 2.25 bits per heavy atom. The Morgan fingerprint density at radius 1 is 1.10 bits per heavy atom. The number of rotatable bonds is 7. The lowest BCUT2D eigenvalue weighted by atomic mass is 10.1. The molecule has 0 saturated carbocycles. The van der Waals surface area contributed by atoms with Crippen LogP contribution in [0, 0.1) is 0 Å². The molecular formula is C13H17NO6. The topological polar surface area (TPSA) is 94.1 Å². The smallest absolute Gasteiger partial charge is 0.322 e. The molecule has 110 valence electrons. The van der Waals surface area contributed by atoms with Crippen LogP contribution in [-0.4, -0.2) is 44.9 Å². The van der Waals surface area contributed by atoms with Gasteiger partial charge in [0.25, 0.3) is 0 Å². The summed E-state index contributed by atoms with van der Waals surface area (Å²) >= 11 is 0. The number of carbonyl (C=O) groups is 2. The molecule has 0 aromatic heterocycles. The first-order valence-corrected chi connectivity index (χ1v) is 5.79. The van der Waals surface area contributed by atoms with Crippen molar-refractivity contribution in [1.29, 1.82) is 0 Å². The minimum Gasteiger partial charge on any atom is -0.493 e. The molecule has 0 fully saturated rings. The van der Waals surface area contributed by atoms with Crippen LogP contribution in [-0.2, 0) is 16.0 Å². The Morgan fingerprint density at radius 2 is 1.75 bits per heavy atom. The Bertz CT molecular complexity index is 500. The van der Waals surface area contributed by atoms with E-state index in [1.165, 1.54) is 21.3 Å². The maximum absolute atomic E-state index is 11.6. The molecule has 0 atom stereocenters. The van der Waals surface area contributed by atoms with Crippen LogP contribution in [0.1, 0.15) is 5.56 Å². The van der Waals surface area contributed by atoms with Crippen molar-refractivity contribution in [2.75, 3.05) is 27.9 Å². The molecule has 0 spiro atoms. The second kappa shape index (κ2) is 7.22. The average Bonchev–Trinajstić information content (AvgIpc) is 2.44. The van der Waals surface area contributed by atoms with Crippen molar-refractivity contribution in [1.82, 2.24) is 5.32 Å². The van der Waals surface area contributed by atoms with E-state index in [-0.39, 0.29) is 6.42 Å². The number of methoxy groups -OCH3 is 3. The minimum atomic E-state index is -1.10. The summed E-state index contributed by atoms with van der Waals surface area (Å²) in [6.07, 6.45) is -0.0171. The minimum absolute atomic E-state index is 0.0171. The highest BCUT2D eigenvalue weighted by Gasteiger charge is 2.17. The van der Waals surface area contributed by atoms with Gasteiger partial charge in [0.15, 0.2) is 11.5 Å². The molecule has 0 radical (unpaired) electrons. The molecular weight excluding hydrogens is 266 g/mol. The van der Waals surface area contributed by atoms with Gasteiger partial charge in [-0.3, -0.25) is 9.59 Å². The van der Waals surface area contributed by atoms with Crippen LogP contribution in [0.15, 0.2) is 12.1 Å². The number of benzene rings is 1. The van der Waals surface area contributed by atoms with E-state index < -0.39 is 18.4 Å². The summed E-state index contributed by atoms with van der Waals surface area (Å²) in [7, 11) is 4.42. The second-order valence-electron chi connectivity index (χ2n) is 3.84. The monoisotopic (exact) mass is 283 g/mol. The molecule has 0 bridgehead atoms. The van der Waals surface area contributed by atoms with Gasteiger partial charge in [0, 0.05) is 5.56 Å². The van der Waals surface area contributed by atoms with Gasteiger partial charge in [-0.25, -0.2) is 0 Å². The molecule has 0 aliphatic rings. The molecule has 20 heavy (non-hydrogen) atoms. The number of nitrogens with one attached hydrogen (secondary N) is 1. The zero-order valence-electron chi connectivity index (χ0n) is 11.6. The Labute approximate surface area is 116 Å². The van der Waals surface area contributed by atoms with Gasteiger partial charge in [0.05, 0.1) is 27.8 Å².